The fourth-order valence-electron chi connectivity index (χ4n) is 2.47. The van der Waals surface area contributed by atoms with Crippen LogP contribution in [0.3, 0.4) is 0 Å². The van der Waals surface area contributed by atoms with Crippen molar-refractivity contribution in [3.63, 3.8) is 0 Å². The number of rotatable bonds is 7. The normalized spacial score (nSPS) is 10.7. The quantitative estimate of drug-likeness (QED) is 0.476. The number of aromatic amines is 1. The smallest absolute Gasteiger partial charge is 0.306 e. The van der Waals surface area contributed by atoms with Gasteiger partial charge in [-0.3, -0.25) is 9.59 Å². The van der Waals surface area contributed by atoms with Crippen LogP contribution in [0.2, 0.25) is 10.0 Å². The molecule has 8 heteroatoms. The molecule has 0 atom stereocenters. The van der Waals surface area contributed by atoms with Crippen LogP contribution in [0.25, 0.3) is 10.9 Å². The molecule has 0 fully saturated rings. The zero-order chi connectivity index (χ0) is 19.2. The van der Waals surface area contributed by atoms with Crippen LogP contribution in [0.5, 0.6) is 5.75 Å². The molecule has 3 rings (SSSR count). The van der Waals surface area contributed by atoms with Gasteiger partial charge in [0.05, 0.1) is 27.4 Å². The fraction of sp³-hybridized carbons (Fsp3) is 0.211. The molecule has 1 heterocycles. The van der Waals surface area contributed by atoms with Gasteiger partial charge in [-0.1, -0.05) is 41.4 Å². The Morgan fingerprint density at radius 1 is 1.04 bits per heavy atom. The predicted octanol–water partition coefficient (Wildman–Crippen LogP) is 3.78. The van der Waals surface area contributed by atoms with Gasteiger partial charge in [-0.05, 0) is 24.3 Å². The molecule has 140 valence electrons. The van der Waals surface area contributed by atoms with Crippen LogP contribution in [0, 0.1) is 0 Å². The van der Waals surface area contributed by atoms with Crippen molar-refractivity contribution in [3.8, 4) is 5.75 Å². The van der Waals surface area contributed by atoms with Crippen molar-refractivity contribution in [1.29, 1.82) is 0 Å². The number of halogens is 2. The Balaban J connectivity index is 1.47. The highest BCUT2D eigenvalue weighted by Crippen LogP contribution is 2.32. The minimum absolute atomic E-state index is 0.0576. The number of carbonyl (C=O) groups excluding carboxylic acids is 1. The van der Waals surface area contributed by atoms with Crippen molar-refractivity contribution >= 4 is 40.1 Å². The zero-order valence-electron chi connectivity index (χ0n) is 14.2. The van der Waals surface area contributed by atoms with Crippen molar-refractivity contribution in [2.45, 2.75) is 12.8 Å². The number of nitrogens with zero attached hydrogens (tertiary/aromatic N) is 1. The molecule has 0 saturated heterocycles. The maximum absolute atomic E-state index is 12.0. The first-order valence-corrected chi connectivity index (χ1v) is 9.00. The second kappa shape index (κ2) is 8.88. The van der Waals surface area contributed by atoms with E-state index in [4.69, 9.17) is 32.7 Å². The number of benzene rings is 2. The van der Waals surface area contributed by atoms with E-state index in [0.717, 1.165) is 0 Å². The van der Waals surface area contributed by atoms with Gasteiger partial charge < -0.3 is 14.5 Å². The second-order valence-electron chi connectivity index (χ2n) is 5.65. The number of aryl methyl sites for hydroxylation is 1. The number of para-hydroxylation sites is 2. The van der Waals surface area contributed by atoms with Crippen LogP contribution in [0.1, 0.15) is 12.2 Å². The fourth-order valence-corrected chi connectivity index (χ4v) is 2.97. The third-order valence-electron chi connectivity index (χ3n) is 3.74. The van der Waals surface area contributed by atoms with Gasteiger partial charge in [0, 0.05) is 6.42 Å². The summed E-state index contributed by atoms with van der Waals surface area (Å²) in [5.74, 6) is 0.379. The number of aromatic nitrogens is 2. The van der Waals surface area contributed by atoms with Crippen molar-refractivity contribution < 1.29 is 14.3 Å². The van der Waals surface area contributed by atoms with Crippen LogP contribution in [0.4, 0.5) is 0 Å². The van der Waals surface area contributed by atoms with Crippen molar-refractivity contribution in [3.05, 3.63) is 68.7 Å². The maximum Gasteiger partial charge on any atom is 0.306 e. The topological polar surface area (TPSA) is 81.3 Å². The minimum Gasteiger partial charge on any atom is -0.487 e. The molecule has 3 aromatic rings. The third kappa shape index (κ3) is 4.99. The summed E-state index contributed by atoms with van der Waals surface area (Å²) < 4.78 is 10.6. The van der Waals surface area contributed by atoms with Gasteiger partial charge in [-0.15, -0.1) is 0 Å². The second-order valence-corrected chi connectivity index (χ2v) is 6.46. The molecule has 27 heavy (non-hydrogen) atoms. The molecule has 0 unspecified atom stereocenters. The summed E-state index contributed by atoms with van der Waals surface area (Å²) in [5.41, 5.74) is 0.364. The number of hydrogen-bond acceptors (Lipinski definition) is 5. The van der Waals surface area contributed by atoms with Gasteiger partial charge in [0.2, 0.25) is 0 Å². The number of carbonyl (C=O) groups is 1. The van der Waals surface area contributed by atoms with E-state index in [0.29, 0.717) is 32.5 Å². The lowest BCUT2D eigenvalue weighted by molar-refractivity contribution is -0.144. The lowest BCUT2D eigenvalue weighted by Gasteiger charge is -2.10. The third-order valence-corrected chi connectivity index (χ3v) is 4.33. The standard InChI is InChI=1S/C19H16Cl2N2O4/c20-13-5-3-6-14(21)18(13)27-11-10-26-17(24)9-8-16-22-15-7-2-1-4-12(15)19(25)23-16/h1-7H,8-11H2,(H,22,23,25). The first kappa shape index (κ1) is 19.2. The van der Waals surface area contributed by atoms with Gasteiger partial charge in [0.25, 0.3) is 5.56 Å². The number of esters is 1. The average Bonchev–Trinajstić information content (AvgIpc) is 2.65. The monoisotopic (exact) mass is 406 g/mol. The van der Waals surface area contributed by atoms with E-state index in [1.165, 1.54) is 0 Å². The Labute approximate surface area is 165 Å². The molecule has 0 bridgehead atoms. The summed E-state index contributed by atoms with van der Waals surface area (Å²) in [5, 5.41) is 1.29. The molecule has 6 nitrogen and oxygen atoms in total. The molecule has 1 N–H and O–H groups in total. The van der Waals surface area contributed by atoms with Crippen LogP contribution in [-0.2, 0) is 16.0 Å². The molecule has 0 saturated carbocycles. The first-order chi connectivity index (χ1) is 13.0. The Kier molecular flexibility index (Phi) is 6.32. The summed E-state index contributed by atoms with van der Waals surface area (Å²) >= 11 is 12.0. The van der Waals surface area contributed by atoms with Gasteiger partial charge in [0.15, 0.2) is 5.75 Å². The van der Waals surface area contributed by atoms with E-state index < -0.39 is 5.97 Å². The lowest BCUT2D eigenvalue weighted by Crippen LogP contribution is -2.15. The van der Waals surface area contributed by atoms with Gasteiger partial charge in [0.1, 0.15) is 19.0 Å². The summed E-state index contributed by atoms with van der Waals surface area (Å²) in [4.78, 5) is 30.9. The number of H-pyrrole nitrogens is 1. The predicted molar refractivity (Wildman–Crippen MR) is 104 cm³/mol. The van der Waals surface area contributed by atoms with E-state index in [1.54, 1.807) is 42.5 Å². The number of ether oxygens (including phenoxy) is 2. The molecule has 0 amide bonds. The van der Waals surface area contributed by atoms with Crippen molar-refractivity contribution in [1.82, 2.24) is 9.97 Å². The molecule has 2 aromatic carbocycles. The minimum atomic E-state index is -0.417. The summed E-state index contributed by atoms with van der Waals surface area (Å²) in [6.07, 6.45) is 0.365. The van der Waals surface area contributed by atoms with Crippen LogP contribution >= 0.6 is 23.2 Å². The van der Waals surface area contributed by atoms with Crippen molar-refractivity contribution in [2.24, 2.45) is 0 Å². The van der Waals surface area contributed by atoms with Gasteiger partial charge in [-0.25, -0.2) is 4.98 Å². The summed E-state index contributed by atoms with van der Waals surface area (Å²) in [6.45, 7) is 0.183. The Bertz CT molecular complexity index is 1000. The molecule has 0 spiro atoms. The Hall–Kier alpha value is -2.57. The van der Waals surface area contributed by atoms with E-state index in [-0.39, 0.29) is 31.6 Å². The highest BCUT2D eigenvalue weighted by Gasteiger charge is 2.09. The molecule has 1 aromatic heterocycles. The lowest BCUT2D eigenvalue weighted by atomic mass is 10.2. The van der Waals surface area contributed by atoms with Crippen LogP contribution in [0.15, 0.2) is 47.3 Å². The summed E-state index contributed by atoms with van der Waals surface area (Å²) in [6, 6.07) is 12.1. The molecular weight excluding hydrogens is 391 g/mol. The van der Waals surface area contributed by atoms with E-state index in [9.17, 15) is 9.59 Å². The Morgan fingerprint density at radius 3 is 2.56 bits per heavy atom. The van der Waals surface area contributed by atoms with E-state index >= 15 is 0 Å². The van der Waals surface area contributed by atoms with Crippen LogP contribution in [-0.4, -0.2) is 29.2 Å². The van der Waals surface area contributed by atoms with E-state index in [1.807, 2.05) is 0 Å². The largest absolute Gasteiger partial charge is 0.487 e. The summed E-state index contributed by atoms with van der Waals surface area (Å²) in [7, 11) is 0. The SMILES string of the molecule is O=C(CCc1nc2ccccc2c(=O)[nH]1)OCCOc1c(Cl)cccc1Cl. The highest BCUT2D eigenvalue weighted by molar-refractivity contribution is 6.37. The van der Waals surface area contributed by atoms with Gasteiger partial charge >= 0.3 is 5.97 Å². The maximum atomic E-state index is 12.0. The van der Waals surface area contributed by atoms with Crippen LogP contribution < -0.4 is 10.3 Å². The van der Waals surface area contributed by atoms with Gasteiger partial charge in [-0.2, -0.15) is 0 Å². The Morgan fingerprint density at radius 2 is 1.78 bits per heavy atom. The molecule has 0 aliphatic heterocycles. The van der Waals surface area contributed by atoms with Crippen molar-refractivity contribution in [2.75, 3.05) is 13.2 Å². The molecular formula is C19H16Cl2N2O4. The first-order valence-electron chi connectivity index (χ1n) is 8.25. The molecule has 0 aliphatic rings. The van der Waals surface area contributed by atoms with E-state index in [2.05, 4.69) is 9.97 Å². The molecule has 0 aliphatic carbocycles. The average molecular weight is 407 g/mol. The molecule has 0 radical (unpaired) electrons. The number of nitrogens with one attached hydrogen (secondary N) is 1. The number of hydrogen-bond donors (Lipinski definition) is 1. The highest BCUT2D eigenvalue weighted by atomic mass is 35.5. The number of fused-ring (bicyclic) bond motifs is 1. The zero-order valence-corrected chi connectivity index (χ0v) is 15.7.